The molecule has 8 heteroatoms. The van der Waals surface area contributed by atoms with Gasteiger partial charge in [0.2, 0.25) is 0 Å². The number of piperazine rings is 1. The van der Waals surface area contributed by atoms with Crippen LogP contribution in [-0.4, -0.2) is 50.8 Å². The van der Waals surface area contributed by atoms with Gasteiger partial charge in [-0.15, -0.1) is 0 Å². The Kier molecular flexibility index (Phi) is 9.03. The number of nitrogens with zero attached hydrogens (tertiary/aromatic N) is 1. The van der Waals surface area contributed by atoms with E-state index in [-0.39, 0.29) is 12.4 Å². The van der Waals surface area contributed by atoms with Crippen LogP contribution in [0, 0.1) is 5.82 Å². The standard InChI is InChI=1S/C22H28Cl2FN3O2/c1-2-29-21-12-16(14-27-7-10-28-8-5-26-6-9-28)11-20(24)22(21)30-15-17-3-4-18(25)13-19(17)23/h3-4,11-13,26-27H,2,5-10,14-15H2,1H3. The van der Waals surface area contributed by atoms with Crippen molar-refractivity contribution in [3.63, 3.8) is 0 Å². The molecule has 0 aromatic heterocycles. The van der Waals surface area contributed by atoms with Crippen LogP contribution in [0.25, 0.3) is 0 Å². The molecule has 0 saturated carbocycles. The Balaban J connectivity index is 1.59. The van der Waals surface area contributed by atoms with E-state index in [4.69, 9.17) is 32.7 Å². The summed E-state index contributed by atoms with van der Waals surface area (Å²) in [5.74, 6) is 0.663. The van der Waals surface area contributed by atoms with E-state index in [2.05, 4.69) is 15.5 Å². The predicted molar refractivity (Wildman–Crippen MR) is 119 cm³/mol. The number of hydrogen-bond acceptors (Lipinski definition) is 5. The highest BCUT2D eigenvalue weighted by Gasteiger charge is 2.14. The summed E-state index contributed by atoms with van der Waals surface area (Å²) >= 11 is 12.6. The molecular weight excluding hydrogens is 428 g/mol. The molecule has 0 aliphatic carbocycles. The zero-order valence-corrected chi connectivity index (χ0v) is 18.7. The van der Waals surface area contributed by atoms with E-state index >= 15 is 0 Å². The molecule has 0 amide bonds. The van der Waals surface area contributed by atoms with Crippen LogP contribution in [0.3, 0.4) is 0 Å². The molecule has 1 aliphatic heterocycles. The predicted octanol–water partition coefficient (Wildman–Crippen LogP) is 4.11. The monoisotopic (exact) mass is 455 g/mol. The lowest BCUT2D eigenvalue weighted by Gasteiger charge is -2.27. The molecule has 0 spiro atoms. The summed E-state index contributed by atoms with van der Waals surface area (Å²) in [5.41, 5.74) is 1.70. The summed E-state index contributed by atoms with van der Waals surface area (Å²) in [6, 6.07) is 8.03. The number of ether oxygens (including phenoxy) is 2. The third-order valence-electron chi connectivity index (χ3n) is 4.90. The summed E-state index contributed by atoms with van der Waals surface area (Å²) in [7, 11) is 0. The lowest BCUT2D eigenvalue weighted by molar-refractivity contribution is 0.241. The summed E-state index contributed by atoms with van der Waals surface area (Å²) in [4.78, 5) is 2.44. The number of rotatable bonds is 10. The molecule has 5 nitrogen and oxygen atoms in total. The van der Waals surface area contributed by atoms with Gasteiger partial charge in [0.15, 0.2) is 11.5 Å². The van der Waals surface area contributed by atoms with Crippen LogP contribution >= 0.6 is 23.2 Å². The number of nitrogens with one attached hydrogen (secondary N) is 2. The highest BCUT2D eigenvalue weighted by molar-refractivity contribution is 6.32. The first-order valence-corrected chi connectivity index (χ1v) is 11.0. The largest absolute Gasteiger partial charge is 0.490 e. The van der Waals surface area contributed by atoms with Crippen molar-refractivity contribution in [2.45, 2.75) is 20.1 Å². The van der Waals surface area contributed by atoms with Gasteiger partial charge in [0.1, 0.15) is 12.4 Å². The fourth-order valence-corrected chi connectivity index (χ4v) is 3.83. The van der Waals surface area contributed by atoms with Gasteiger partial charge in [-0.3, -0.25) is 4.90 Å². The van der Waals surface area contributed by atoms with Crippen molar-refractivity contribution in [3.05, 3.63) is 57.3 Å². The van der Waals surface area contributed by atoms with Crippen molar-refractivity contribution in [1.29, 1.82) is 0 Å². The summed E-state index contributed by atoms with van der Waals surface area (Å²) in [6.07, 6.45) is 0. The van der Waals surface area contributed by atoms with Crippen molar-refractivity contribution < 1.29 is 13.9 Å². The quantitative estimate of drug-likeness (QED) is 0.527. The second-order valence-corrected chi connectivity index (χ2v) is 7.95. The van der Waals surface area contributed by atoms with Gasteiger partial charge in [0.25, 0.3) is 0 Å². The summed E-state index contributed by atoms with van der Waals surface area (Å²) in [6.45, 7) is 9.47. The Morgan fingerprint density at radius 2 is 1.90 bits per heavy atom. The molecule has 1 saturated heterocycles. The lowest BCUT2D eigenvalue weighted by atomic mass is 10.2. The molecule has 2 aromatic rings. The molecule has 0 bridgehead atoms. The van der Waals surface area contributed by atoms with Crippen molar-refractivity contribution in [3.8, 4) is 11.5 Å². The molecule has 0 unspecified atom stereocenters. The SMILES string of the molecule is CCOc1cc(CNCCN2CCNCC2)cc(Cl)c1OCc1ccc(F)cc1Cl. The molecule has 3 rings (SSSR count). The molecule has 1 fully saturated rings. The van der Waals surface area contributed by atoms with Gasteiger partial charge in [0.05, 0.1) is 16.7 Å². The van der Waals surface area contributed by atoms with Crippen LogP contribution in [0.5, 0.6) is 11.5 Å². The molecule has 1 heterocycles. The first-order chi connectivity index (χ1) is 14.6. The van der Waals surface area contributed by atoms with Crippen LogP contribution in [0.1, 0.15) is 18.1 Å². The third kappa shape index (κ3) is 6.72. The topological polar surface area (TPSA) is 45.8 Å². The van der Waals surface area contributed by atoms with Crippen LogP contribution < -0.4 is 20.1 Å². The summed E-state index contributed by atoms with van der Waals surface area (Å²) < 4.78 is 24.9. The highest BCUT2D eigenvalue weighted by Crippen LogP contribution is 2.37. The minimum atomic E-state index is -0.384. The third-order valence-corrected chi connectivity index (χ3v) is 5.53. The Labute approximate surface area is 187 Å². The van der Waals surface area contributed by atoms with E-state index in [9.17, 15) is 4.39 Å². The van der Waals surface area contributed by atoms with Crippen LogP contribution in [-0.2, 0) is 13.2 Å². The number of benzene rings is 2. The minimum absolute atomic E-state index is 0.168. The average Bonchev–Trinajstić information content (AvgIpc) is 2.73. The van der Waals surface area contributed by atoms with Gasteiger partial charge in [-0.25, -0.2) is 4.39 Å². The minimum Gasteiger partial charge on any atom is -0.490 e. The maximum absolute atomic E-state index is 13.2. The van der Waals surface area contributed by atoms with Crippen molar-refractivity contribution in [2.24, 2.45) is 0 Å². The zero-order valence-electron chi connectivity index (χ0n) is 17.1. The van der Waals surface area contributed by atoms with E-state index in [0.717, 1.165) is 44.8 Å². The van der Waals surface area contributed by atoms with Gasteiger partial charge < -0.3 is 20.1 Å². The van der Waals surface area contributed by atoms with E-state index in [0.29, 0.717) is 40.3 Å². The molecule has 30 heavy (non-hydrogen) atoms. The molecule has 1 aliphatic rings. The van der Waals surface area contributed by atoms with Crippen molar-refractivity contribution in [1.82, 2.24) is 15.5 Å². The van der Waals surface area contributed by atoms with Crippen molar-refractivity contribution >= 4 is 23.2 Å². The van der Waals surface area contributed by atoms with Crippen molar-refractivity contribution in [2.75, 3.05) is 45.9 Å². The van der Waals surface area contributed by atoms with Gasteiger partial charge in [0, 0.05) is 51.4 Å². The van der Waals surface area contributed by atoms with Gasteiger partial charge in [-0.05, 0) is 36.8 Å². The first kappa shape index (κ1) is 23.1. The second-order valence-electron chi connectivity index (χ2n) is 7.13. The average molecular weight is 456 g/mol. The first-order valence-electron chi connectivity index (χ1n) is 10.2. The molecule has 2 N–H and O–H groups in total. The molecule has 0 radical (unpaired) electrons. The Bertz CT molecular complexity index is 832. The molecule has 2 aromatic carbocycles. The normalized spacial score (nSPS) is 14.7. The maximum Gasteiger partial charge on any atom is 0.180 e. The lowest BCUT2D eigenvalue weighted by Crippen LogP contribution is -2.45. The maximum atomic E-state index is 13.2. The molecular formula is C22H28Cl2FN3O2. The smallest absolute Gasteiger partial charge is 0.180 e. The fraction of sp³-hybridized carbons (Fsp3) is 0.455. The van der Waals surface area contributed by atoms with E-state index < -0.39 is 0 Å². The summed E-state index contributed by atoms with van der Waals surface area (Å²) in [5, 5.41) is 7.61. The van der Waals surface area contributed by atoms with Crippen LogP contribution in [0.4, 0.5) is 4.39 Å². The van der Waals surface area contributed by atoms with Crippen LogP contribution in [0.2, 0.25) is 10.0 Å². The van der Waals surface area contributed by atoms with Crippen LogP contribution in [0.15, 0.2) is 30.3 Å². The number of halogens is 3. The van der Waals surface area contributed by atoms with E-state index in [1.165, 1.54) is 12.1 Å². The highest BCUT2D eigenvalue weighted by atomic mass is 35.5. The second kappa shape index (κ2) is 11.7. The Hall–Kier alpha value is -1.57. The molecule has 0 atom stereocenters. The number of hydrogen-bond donors (Lipinski definition) is 2. The fourth-order valence-electron chi connectivity index (χ4n) is 3.32. The molecule has 164 valence electrons. The van der Waals surface area contributed by atoms with E-state index in [1.807, 2.05) is 19.1 Å². The van der Waals surface area contributed by atoms with Gasteiger partial charge >= 0.3 is 0 Å². The zero-order chi connectivity index (χ0) is 21.3. The Morgan fingerprint density at radius 1 is 1.10 bits per heavy atom. The van der Waals surface area contributed by atoms with E-state index in [1.54, 1.807) is 6.07 Å². The van der Waals surface area contributed by atoms with Gasteiger partial charge in [-0.2, -0.15) is 0 Å². The Morgan fingerprint density at radius 3 is 2.63 bits per heavy atom. The van der Waals surface area contributed by atoms with Gasteiger partial charge in [-0.1, -0.05) is 29.3 Å².